The molecule has 5 N–H and O–H groups in total. The Labute approximate surface area is 236 Å². The van der Waals surface area contributed by atoms with Crippen molar-refractivity contribution in [2.24, 2.45) is 5.73 Å². The second kappa shape index (κ2) is 12.4. The Morgan fingerprint density at radius 1 is 1.10 bits per heavy atom. The van der Waals surface area contributed by atoms with Gasteiger partial charge in [0.15, 0.2) is 5.82 Å². The number of amidine groups is 1. The topological polar surface area (TPSA) is 183 Å². The van der Waals surface area contributed by atoms with Gasteiger partial charge in [0, 0.05) is 30.2 Å². The van der Waals surface area contributed by atoms with Crippen LogP contribution in [0.2, 0.25) is 0 Å². The highest BCUT2D eigenvalue weighted by molar-refractivity contribution is 5.99. The van der Waals surface area contributed by atoms with Crippen LogP contribution in [0.25, 0.3) is 5.95 Å². The van der Waals surface area contributed by atoms with Crippen LogP contribution in [0.15, 0.2) is 59.7 Å². The Kier molecular flexibility index (Phi) is 8.73. The van der Waals surface area contributed by atoms with E-state index in [9.17, 15) is 22.8 Å². The molecular formula is C26H25F3N8O5. The third-order valence-electron chi connectivity index (χ3n) is 5.52. The van der Waals surface area contributed by atoms with E-state index in [1.165, 1.54) is 24.5 Å². The van der Waals surface area contributed by atoms with Crippen molar-refractivity contribution in [3.05, 3.63) is 82.3 Å². The fourth-order valence-electron chi connectivity index (χ4n) is 3.82. The Balaban J connectivity index is 1.84. The van der Waals surface area contributed by atoms with Crippen LogP contribution >= 0.6 is 0 Å². The number of nitrogens with one attached hydrogen (secondary N) is 3. The average molecular weight is 587 g/mol. The second-order valence-electron chi connectivity index (χ2n) is 8.47. The van der Waals surface area contributed by atoms with Crippen LogP contribution in [-0.2, 0) is 4.79 Å². The number of hydrogen-bond acceptors (Lipinski definition) is 10. The number of aromatic nitrogens is 5. The number of nitrogens with zero attached hydrogens (tertiary/aromatic N) is 4. The molecule has 4 rings (SSSR count). The number of aromatic amines is 1. The third-order valence-corrected chi connectivity index (χ3v) is 5.52. The van der Waals surface area contributed by atoms with E-state index in [0.29, 0.717) is 30.3 Å². The molecule has 2 heterocycles. The summed E-state index contributed by atoms with van der Waals surface area (Å²) >= 11 is 0. The molecule has 0 saturated carbocycles. The number of halogens is 3. The first-order valence-electron chi connectivity index (χ1n) is 12.4. The number of alkyl halides is 3. The summed E-state index contributed by atoms with van der Waals surface area (Å²) in [5.41, 5.74) is 5.19. The van der Waals surface area contributed by atoms with E-state index >= 15 is 0 Å². The molecule has 220 valence electrons. The molecule has 0 saturated heterocycles. The number of carbonyl (C=O) groups excluding carboxylic acids is 1. The summed E-state index contributed by atoms with van der Waals surface area (Å²) < 4.78 is 55.7. The maximum atomic E-state index is 12.9. The van der Waals surface area contributed by atoms with E-state index < -0.39 is 35.5 Å². The normalized spacial score (nSPS) is 11.9. The van der Waals surface area contributed by atoms with Gasteiger partial charge >= 0.3 is 17.8 Å². The van der Waals surface area contributed by atoms with Crippen LogP contribution in [0.4, 0.5) is 18.9 Å². The largest absolute Gasteiger partial charge is 0.494 e. The molecule has 0 unspecified atom stereocenters. The number of H-pyrrole nitrogens is 1. The number of benzene rings is 2. The zero-order valence-corrected chi connectivity index (χ0v) is 22.2. The lowest BCUT2D eigenvalue weighted by Crippen LogP contribution is -2.29. The molecule has 0 fully saturated rings. The monoisotopic (exact) mass is 586 g/mol. The lowest BCUT2D eigenvalue weighted by atomic mass is 10.0. The first-order valence-corrected chi connectivity index (χ1v) is 12.4. The minimum atomic E-state index is -5.29. The van der Waals surface area contributed by atoms with Gasteiger partial charge in [-0.05, 0) is 49.7 Å². The number of ether oxygens (including phenoxy) is 3. The Morgan fingerprint density at radius 2 is 1.74 bits per heavy atom. The fraction of sp³-hybridized carbons (Fsp3) is 0.231. The molecule has 1 atom stereocenters. The van der Waals surface area contributed by atoms with Crippen molar-refractivity contribution in [1.82, 2.24) is 24.7 Å². The predicted molar refractivity (Wildman–Crippen MR) is 143 cm³/mol. The maximum absolute atomic E-state index is 12.9. The molecule has 0 amide bonds. The van der Waals surface area contributed by atoms with E-state index in [4.69, 9.17) is 20.6 Å². The number of nitrogens with two attached hydrogens (primary N) is 1. The van der Waals surface area contributed by atoms with Crippen molar-refractivity contribution in [1.29, 1.82) is 5.41 Å². The lowest BCUT2D eigenvalue weighted by Gasteiger charge is -2.21. The smallest absolute Gasteiger partial charge is 0.491 e. The van der Waals surface area contributed by atoms with Crippen molar-refractivity contribution >= 4 is 17.5 Å². The number of rotatable bonds is 11. The van der Waals surface area contributed by atoms with E-state index in [2.05, 4.69) is 30.1 Å². The molecule has 0 aliphatic rings. The minimum Gasteiger partial charge on any atom is -0.494 e. The summed E-state index contributed by atoms with van der Waals surface area (Å²) in [6.45, 7) is 4.26. The fourth-order valence-corrected chi connectivity index (χ4v) is 3.82. The molecule has 4 aromatic rings. The summed E-state index contributed by atoms with van der Waals surface area (Å²) in [4.78, 5) is 35.2. The Hall–Kier alpha value is -5.41. The van der Waals surface area contributed by atoms with Crippen molar-refractivity contribution in [3.8, 4) is 23.2 Å². The average Bonchev–Trinajstić information content (AvgIpc) is 3.33. The molecule has 2 aromatic carbocycles. The molecule has 0 radical (unpaired) electrons. The van der Waals surface area contributed by atoms with Crippen LogP contribution in [-0.4, -0.2) is 55.9 Å². The van der Waals surface area contributed by atoms with Gasteiger partial charge in [-0.1, -0.05) is 0 Å². The number of anilines is 1. The highest BCUT2D eigenvalue weighted by atomic mass is 19.4. The number of hydrogen-bond donors (Lipinski definition) is 4. The van der Waals surface area contributed by atoms with Gasteiger partial charge in [-0.2, -0.15) is 13.2 Å². The summed E-state index contributed by atoms with van der Waals surface area (Å²) in [6, 6.07) is 9.26. The summed E-state index contributed by atoms with van der Waals surface area (Å²) in [7, 11) is 0. The van der Waals surface area contributed by atoms with E-state index in [-0.39, 0.29) is 23.0 Å². The predicted octanol–water partition coefficient (Wildman–Crippen LogP) is 3.10. The van der Waals surface area contributed by atoms with Crippen LogP contribution in [0.1, 0.15) is 36.8 Å². The first-order chi connectivity index (χ1) is 20.0. The SMILES string of the molecule is CCOc1cc(OCC)cc([C@H](Nc2ccc(C(=N)N)c(OC(=O)C(F)(F)F)c2)c2nn(-c3ncccn3)c(=O)[nH]2)c1. The van der Waals surface area contributed by atoms with Crippen molar-refractivity contribution < 1.29 is 32.2 Å². The van der Waals surface area contributed by atoms with Gasteiger partial charge < -0.3 is 25.3 Å². The van der Waals surface area contributed by atoms with Crippen LogP contribution in [0, 0.1) is 5.41 Å². The highest BCUT2D eigenvalue weighted by Gasteiger charge is 2.42. The lowest BCUT2D eigenvalue weighted by molar-refractivity contribution is -0.189. The summed E-state index contributed by atoms with van der Waals surface area (Å²) in [5.74, 6) is -2.80. The van der Waals surface area contributed by atoms with Crippen molar-refractivity contribution in [2.75, 3.05) is 18.5 Å². The van der Waals surface area contributed by atoms with Gasteiger partial charge in [-0.15, -0.1) is 9.78 Å². The molecule has 0 aliphatic heterocycles. The third kappa shape index (κ3) is 6.83. The zero-order valence-electron chi connectivity index (χ0n) is 22.2. The van der Waals surface area contributed by atoms with E-state index in [1.54, 1.807) is 38.1 Å². The Bertz CT molecular complexity index is 1610. The standard InChI is InChI=1S/C26H25F3N8O5/c1-3-40-16-10-14(11-17(13-16)41-4-2)20(22-35-25(39)37(36-22)24-32-8-5-9-33-24)34-15-6-7-18(21(30)31)19(12-15)42-23(38)26(27,28)29/h5-13,20,34H,3-4H2,1-2H3,(H3,30,31)(H,35,36,39)/t20-/m0/s1. The molecule has 0 aliphatic carbocycles. The molecule has 16 heteroatoms. The molecule has 13 nitrogen and oxygen atoms in total. The van der Waals surface area contributed by atoms with Gasteiger partial charge in [0.05, 0.1) is 18.8 Å². The van der Waals surface area contributed by atoms with Gasteiger partial charge in [0.1, 0.15) is 29.1 Å². The van der Waals surface area contributed by atoms with Crippen LogP contribution < -0.4 is 31.0 Å². The second-order valence-corrected chi connectivity index (χ2v) is 8.47. The summed E-state index contributed by atoms with van der Waals surface area (Å²) in [6.07, 6.45) is -2.43. The molecule has 0 spiro atoms. The van der Waals surface area contributed by atoms with Crippen molar-refractivity contribution in [3.63, 3.8) is 0 Å². The number of nitrogen functional groups attached to an aromatic ring is 1. The zero-order chi connectivity index (χ0) is 30.4. The highest BCUT2D eigenvalue weighted by Crippen LogP contribution is 2.33. The molecule has 42 heavy (non-hydrogen) atoms. The summed E-state index contributed by atoms with van der Waals surface area (Å²) in [5, 5.41) is 15.1. The molecule has 0 bridgehead atoms. The van der Waals surface area contributed by atoms with Gasteiger partial charge in [-0.3, -0.25) is 10.4 Å². The van der Waals surface area contributed by atoms with E-state index in [1.807, 2.05) is 0 Å². The first kappa shape index (κ1) is 29.6. The molecular weight excluding hydrogens is 561 g/mol. The minimum absolute atomic E-state index is 0.00557. The number of carbonyl (C=O) groups is 1. The maximum Gasteiger partial charge on any atom is 0.491 e. The quantitative estimate of drug-likeness (QED) is 0.0882. The van der Waals surface area contributed by atoms with Gasteiger partial charge in [-0.25, -0.2) is 19.6 Å². The van der Waals surface area contributed by atoms with Gasteiger partial charge in [0.25, 0.3) is 5.95 Å². The molecule has 2 aromatic heterocycles. The van der Waals surface area contributed by atoms with Crippen LogP contribution in [0.5, 0.6) is 17.2 Å². The number of esters is 1. The Morgan fingerprint density at radius 3 is 2.31 bits per heavy atom. The van der Waals surface area contributed by atoms with E-state index in [0.717, 1.165) is 10.7 Å². The van der Waals surface area contributed by atoms with Crippen molar-refractivity contribution in [2.45, 2.75) is 26.1 Å². The van der Waals surface area contributed by atoms with Crippen LogP contribution in [0.3, 0.4) is 0 Å². The van der Waals surface area contributed by atoms with Gasteiger partial charge in [0.2, 0.25) is 0 Å².